The lowest BCUT2D eigenvalue weighted by Crippen LogP contribution is -2.34. The van der Waals surface area contributed by atoms with E-state index in [1.54, 1.807) is 7.11 Å². The van der Waals surface area contributed by atoms with Crippen LogP contribution in [-0.2, 0) is 13.6 Å². The van der Waals surface area contributed by atoms with E-state index in [9.17, 15) is 0 Å². The first kappa shape index (κ1) is 20.9. The van der Waals surface area contributed by atoms with Gasteiger partial charge in [0, 0.05) is 57.1 Å². The van der Waals surface area contributed by atoms with Crippen molar-refractivity contribution >= 4 is 5.95 Å². The minimum absolute atomic E-state index is 0.406. The summed E-state index contributed by atoms with van der Waals surface area (Å²) >= 11 is 0. The first-order valence-corrected chi connectivity index (χ1v) is 11.7. The lowest BCUT2D eigenvalue weighted by molar-refractivity contribution is 0.198. The minimum Gasteiger partial charge on any atom is -0.497 e. The van der Waals surface area contributed by atoms with E-state index in [0.29, 0.717) is 5.92 Å². The third kappa shape index (κ3) is 4.48. The fraction of sp³-hybridized carbons (Fsp3) is 0.480. The highest BCUT2D eigenvalue weighted by Gasteiger charge is 2.27. The highest BCUT2D eigenvalue weighted by Crippen LogP contribution is 2.34. The maximum atomic E-state index is 5.29. The Bertz CT molecular complexity index is 1040. The molecule has 2 aliphatic rings. The van der Waals surface area contributed by atoms with Crippen molar-refractivity contribution < 1.29 is 4.74 Å². The average Bonchev–Trinajstić information content (AvgIpc) is 3.50. The van der Waals surface area contributed by atoms with Crippen molar-refractivity contribution in [1.29, 1.82) is 0 Å². The maximum Gasteiger partial charge on any atom is 0.225 e. The molecule has 0 amide bonds. The summed E-state index contributed by atoms with van der Waals surface area (Å²) in [6, 6.07) is 10.4. The van der Waals surface area contributed by atoms with E-state index in [0.717, 1.165) is 67.8 Å². The van der Waals surface area contributed by atoms with Crippen molar-refractivity contribution in [2.75, 3.05) is 38.2 Å². The van der Waals surface area contributed by atoms with Crippen LogP contribution >= 0.6 is 0 Å². The van der Waals surface area contributed by atoms with Crippen LogP contribution in [0.5, 0.6) is 5.75 Å². The van der Waals surface area contributed by atoms with Crippen molar-refractivity contribution in [2.45, 2.75) is 38.1 Å². The molecule has 2 saturated heterocycles. The van der Waals surface area contributed by atoms with E-state index in [2.05, 4.69) is 33.1 Å². The van der Waals surface area contributed by atoms with Gasteiger partial charge >= 0.3 is 0 Å². The predicted octanol–water partition coefficient (Wildman–Crippen LogP) is 3.87. The van der Waals surface area contributed by atoms with Crippen molar-refractivity contribution in [1.82, 2.24) is 24.6 Å². The third-order valence-corrected chi connectivity index (χ3v) is 6.62. The Morgan fingerprint density at radius 3 is 2.62 bits per heavy atom. The number of nitrogens with zero attached hydrogens (tertiary/aromatic N) is 6. The number of piperidine rings is 1. The number of hydrogen-bond donors (Lipinski definition) is 0. The maximum absolute atomic E-state index is 5.29. The topological polar surface area (TPSA) is 59.3 Å². The monoisotopic (exact) mass is 432 g/mol. The Kier molecular flexibility index (Phi) is 6.08. The van der Waals surface area contributed by atoms with Crippen LogP contribution < -0.4 is 9.64 Å². The van der Waals surface area contributed by atoms with Crippen LogP contribution in [0.3, 0.4) is 0 Å². The lowest BCUT2D eigenvalue weighted by atomic mass is 9.91. The number of benzene rings is 1. The van der Waals surface area contributed by atoms with Crippen molar-refractivity contribution in [3.63, 3.8) is 0 Å². The number of likely N-dealkylation sites (tertiary alicyclic amines) is 1. The molecule has 3 aromatic rings. The zero-order valence-electron chi connectivity index (χ0n) is 19.1. The summed E-state index contributed by atoms with van der Waals surface area (Å²) in [5, 5.41) is 4.90. The zero-order valence-corrected chi connectivity index (χ0v) is 19.1. The quantitative estimate of drug-likeness (QED) is 0.589. The minimum atomic E-state index is 0.406. The van der Waals surface area contributed by atoms with Gasteiger partial charge in [-0.25, -0.2) is 9.97 Å². The van der Waals surface area contributed by atoms with Crippen molar-refractivity contribution in [3.05, 3.63) is 54.0 Å². The third-order valence-electron chi connectivity index (χ3n) is 6.62. The summed E-state index contributed by atoms with van der Waals surface area (Å²) < 4.78 is 7.23. The Labute approximate surface area is 190 Å². The van der Waals surface area contributed by atoms with Crippen LogP contribution in [0.4, 0.5) is 5.95 Å². The summed E-state index contributed by atoms with van der Waals surface area (Å²) in [7, 11) is 3.72. The molecule has 1 aromatic carbocycles. The summed E-state index contributed by atoms with van der Waals surface area (Å²) in [6.07, 6.45) is 8.79. The van der Waals surface area contributed by atoms with E-state index < -0.39 is 0 Å². The summed E-state index contributed by atoms with van der Waals surface area (Å²) in [5.41, 5.74) is 4.61. The van der Waals surface area contributed by atoms with Crippen LogP contribution in [0.1, 0.15) is 42.9 Å². The van der Waals surface area contributed by atoms with Gasteiger partial charge in [0.1, 0.15) is 5.75 Å². The summed E-state index contributed by atoms with van der Waals surface area (Å²) in [5.74, 6) is 2.16. The number of hydrogen-bond acceptors (Lipinski definition) is 6. The molecular weight excluding hydrogens is 400 g/mol. The van der Waals surface area contributed by atoms with Gasteiger partial charge in [-0.2, -0.15) is 5.10 Å². The largest absolute Gasteiger partial charge is 0.497 e. The normalized spacial score (nSPS) is 19.4. The molecule has 1 atom stereocenters. The first-order chi connectivity index (χ1) is 15.7. The molecule has 2 fully saturated rings. The molecule has 2 aliphatic heterocycles. The van der Waals surface area contributed by atoms with Gasteiger partial charge in [-0.1, -0.05) is 12.1 Å². The molecule has 7 nitrogen and oxygen atoms in total. The van der Waals surface area contributed by atoms with Crippen molar-refractivity contribution in [3.8, 4) is 17.0 Å². The average molecular weight is 433 g/mol. The number of methoxy groups -OCH3 is 1. The van der Waals surface area contributed by atoms with Gasteiger partial charge in [0.05, 0.1) is 18.5 Å². The van der Waals surface area contributed by atoms with Crippen LogP contribution in [0.15, 0.2) is 42.7 Å². The SMILES string of the molecule is COc1ccc(CN2CCCC(c3nn(C)cc3-c3ccnc(N4CCCC4)n3)C2)cc1. The van der Waals surface area contributed by atoms with Crippen LogP contribution in [-0.4, -0.2) is 57.9 Å². The van der Waals surface area contributed by atoms with E-state index >= 15 is 0 Å². The Morgan fingerprint density at radius 1 is 1.03 bits per heavy atom. The number of aryl methyl sites for hydroxylation is 1. The summed E-state index contributed by atoms with van der Waals surface area (Å²) in [4.78, 5) is 14.3. The number of aromatic nitrogens is 4. The Morgan fingerprint density at radius 2 is 1.84 bits per heavy atom. The van der Waals surface area contributed by atoms with E-state index in [4.69, 9.17) is 14.8 Å². The van der Waals surface area contributed by atoms with E-state index in [1.165, 1.54) is 24.8 Å². The molecule has 4 heterocycles. The molecule has 0 spiro atoms. The second kappa shape index (κ2) is 9.28. The van der Waals surface area contributed by atoms with E-state index in [1.807, 2.05) is 36.1 Å². The van der Waals surface area contributed by atoms with E-state index in [-0.39, 0.29) is 0 Å². The van der Waals surface area contributed by atoms with Gasteiger partial charge < -0.3 is 9.64 Å². The molecule has 0 aliphatic carbocycles. The number of ether oxygens (including phenoxy) is 1. The Hall–Kier alpha value is -2.93. The fourth-order valence-corrected chi connectivity index (χ4v) is 4.98. The molecule has 1 unspecified atom stereocenters. The number of rotatable bonds is 6. The van der Waals surface area contributed by atoms with Gasteiger partial charge in [-0.05, 0) is 56.0 Å². The van der Waals surface area contributed by atoms with Gasteiger partial charge in [0.15, 0.2) is 0 Å². The molecule has 0 radical (unpaired) electrons. The molecule has 2 aromatic heterocycles. The van der Waals surface area contributed by atoms with Gasteiger partial charge in [-0.3, -0.25) is 9.58 Å². The molecule has 0 bridgehead atoms. The molecule has 0 saturated carbocycles. The second-order valence-corrected chi connectivity index (χ2v) is 8.96. The highest BCUT2D eigenvalue weighted by molar-refractivity contribution is 5.63. The fourth-order valence-electron chi connectivity index (χ4n) is 4.98. The molecular formula is C25H32N6O. The predicted molar refractivity (Wildman–Crippen MR) is 126 cm³/mol. The summed E-state index contributed by atoms with van der Waals surface area (Å²) in [6.45, 7) is 5.19. The molecule has 0 N–H and O–H groups in total. The molecule has 5 rings (SSSR count). The van der Waals surface area contributed by atoms with Gasteiger partial charge in [-0.15, -0.1) is 0 Å². The van der Waals surface area contributed by atoms with Crippen LogP contribution in [0.2, 0.25) is 0 Å². The van der Waals surface area contributed by atoms with Gasteiger partial charge in [0.2, 0.25) is 5.95 Å². The second-order valence-electron chi connectivity index (χ2n) is 8.96. The standard InChI is InChI=1S/C25H32N6O/c1-29-18-22(23-11-12-26-25(27-23)31-14-3-4-15-31)24(28-29)20-6-5-13-30(17-20)16-19-7-9-21(32-2)10-8-19/h7-12,18,20H,3-6,13-17H2,1-2H3. The molecule has 32 heavy (non-hydrogen) atoms. The van der Waals surface area contributed by atoms with Crippen LogP contribution in [0.25, 0.3) is 11.3 Å². The van der Waals surface area contributed by atoms with Crippen molar-refractivity contribution in [2.24, 2.45) is 7.05 Å². The molecule has 168 valence electrons. The first-order valence-electron chi connectivity index (χ1n) is 11.7. The molecule has 7 heteroatoms. The zero-order chi connectivity index (χ0) is 21.9. The lowest BCUT2D eigenvalue weighted by Gasteiger charge is -2.32. The van der Waals surface area contributed by atoms with Crippen LogP contribution in [0, 0.1) is 0 Å². The van der Waals surface area contributed by atoms with Gasteiger partial charge in [0.25, 0.3) is 0 Å². The highest BCUT2D eigenvalue weighted by atomic mass is 16.5. The Balaban J connectivity index is 1.35. The smallest absolute Gasteiger partial charge is 0.225 e. The number of anilines is 1.